The van der Waals surface area contributed by atoms with Crippen molar-refractivity contribution in [2.75, 3.05) is 6.54 Å². The number of benzene rings is 1. The van der Waals surface area contributed by atoms with E-state index < -0.39 is 0 Å². The summed E-state index contributed by atoms with van der Waals surface area (Å²) in [6, 6.07) is 9.92. The van der Waals surface area contributed by atoms with Gasteiger partial charge < -0.3 is 5.32 Å². The summed E-state index contributed by atoms with van der Waals surface area (Å²) in [5.41, 5.74) is 1.08. The predicted molar refractivity (Wildman–Crippen MR) is 75.2 cm³/mol. The lowest BCUT2D eigenvalue weighted by molar-refractivity contribution is -0.122. The number of carbonyl (C=O) groups excluding carboxylic acids is 1. The van der Waals surface area contributed by atoms with Gasteiger partial charge in [-0.25, -0.2) is 0 Å². The van der Waals surface area contributed by atoms with Gasteiger partial charge in [-0.15, -0.1) is 12.3 Å². The van der Waals surface area contributed by atoms with Crippen LogP contribution in [-0.2, 0) is 4.79 Å². The lowest BCUT2D eigenvalue weighted by atomic mass is 9.95. The highest BCUT2D eigenvalue weighted by Gasteiger charge is 2.17. The van der Waals surface area contributed by atoms with Crippen LogP contribution in [0.25, 0.3) is 0 Å². The Morgan fingerprint density at radius 1 is 1.33 bits per heavy atom. The Hall–Kier alpha value is -1.75. The largest absolute Gasteiger partial charge is 0.356 e. The van der Waals surface area contributed by atoms with E-state index in [9.17, 15) is 4.79 Å². The Balaban J connectivity index is 2.42. The van der Waals surface area contributed by atoms with Crippen LogP contribution in [0.15, 0.2) is 30.3 Å². The number of carbonyl (C=O) groups is 1. The third kappa shape index (κ3) is 4.63. The molecule has 1 N–H and O–H groups in total. The third-order valence-electron chi connectivity index (χ3n) is 2.97. The average Bonchev–Trinajstić information content (AvgIpc) is 2.40. The second-order valence-corrected chi connectivity index (χ2v) is 4.32. The van der Waals surface area contributed by atoms with Crippen molar-refractivity contribution in [2.24, 2.45) is 0 Å². The van der Waals surface area contributed by atoms with E-state index in [1.807, 2.05) is 37.3 Å². The fraction of sp³-hybridized carbons (Fsp3) is 0.438. The lowest BCUT2D eigenvalue weighted by Gasteiger charge is -2.15. The maximum Gasteiger partial charge on any atom is 0.227 e. The van der Waals surface area contributed by atoms with Crippen LogP contribution in [0.3, 0.4) is 0 Å². The molecular formula is C16H21NO. The van der Waals surface area contributed by atoms with Gasteiger partial charge in [-0.1, -0.05) is 37.3 Å². The molecule has 0 spiro atoms. The fourth-order valence-electron chi connectivity index (χ4n) is 1.94. The molecule has 1 unspecified atom stereocenters. The lowest BCUT2D eigenvalue weighted by Crippen LogP contribution is -2.29. The van der Waals surface area contributed by atoms with Crippen LogP contribution in [0.2, 0.25) is 0 Å². The van der Waals surface area contributed by atoms with Gasteiger partial charge in [-0.2, -0.15) is 0 Å². The topological polar surface area (TPSA) is 29.1 Å². The zero-order valence-electron chi connectivity index (χ0n) is 11.0. The summed E-state index contributed by atoms with van der Waals surface area (Å²) < 4.78 is 0. The summed E-state index contributed by atoms with van der Waals surface area (Å²) in [5.74, 6) is 2.68. The van der Waals surface area contributed by atoms with Crippen LogP contribution in [0, 0.1) is 12.3 Å². The number of unbranched alkanes of at least 4 members (excludes halogenated alkanes) is 2. The van der Waals surface area contributed by atoms with Crippen molar-refractivity contribution >= 4 is 5.91 Å². The Kier molecular flexibility index (Phi) is 6.64. The average molecular weight is 243 g/mol. The smallest absolute Gasteiger partial charge is 0.227 e. The van der Waals surface area contributed by atoms with Crippen molar-refractivity contribution in [3.8, 4) is 12.3 Å². The molecule has 2 heteroatoms. The molecule has 0 saturated heterocycles. The van der Waals surface area contributed by atoms with Gasteiger partial charge in [0.05, 0.1) is 5.92 Å². The summed E-state index contributed by atoms with van der Waals surface area (Å²) >= 11 is 0. The molecule has 0 fully saturated rings. The molecule has 1 rings (SSSR count). The van der Waals surface area contributed by atoms with Crippen LogP contribution >= 0.6 is 0 Å². The minimum Gasteiger partial charge on any atom is -0.356 e. The van der Waals surface area contributed by atoms with Gasteiger partial charge in [0, 0.05) is 13.0 Å². The number of nitrogens with one attached hydrogen (secondary N) is 1. The monoisotopic (exact) mass is 243 g/mol. The SMILES string of the molecule is C#CCCCCNC(=O)C(CC)c1ccccc1. The van der Waals surface area contributed by atoms with Crippen molar-refractivity contribution in [3.63, 3.8) is 0 Å². The molecule has 0 aliphatic heterocycles. The summed E-state index contributed by atoms with van der Waals surface area (Å²) in [6.45, 7) is 2.75. The van der Waals surface area contributed by atoms with E-state index in [1.54, 1.807) is 0 Å². The van der Waals surface area contributed by atoms with Gasteiger partial charge >= 0.3 is 0 Å². The van der Waals surface area contributed by atoms with Gasteiger partial charge in [0.25, 0.3) is 0 Å². The first-order valence-corrected chi connectivity index (χ1v) is 6.55. The predicted octanol–water partition coefficient (Wildman–Crippen LogP) is 3.10. The molecular weight excluding hydrogens is 222 g/mol. The maximum atomic E-state index is 12.1. The van der Waals surface area contributed by atoms with Gasteiger partial charge in [-0.05, 0) is 24.8 Å². The van der Waals surface area contributed by atoms with E-state index in [0.29, 0.717) is 6.54 Å². The van der Waals surface area contributed by atoms with Crippen LogP contribution in [0.1, 0.15) is 44.1 Å². The minimum atomic E-state index is -0.0427. The second kappa shape index (κ2) is 8.36. The van der Waals surface area contributed by atoms with Crippen LogP contribution in [-0.4, -0.2) is 12.5 Å². The first-order valence-electron chi connectivity index (χ1n) is 6.55. The van der Waals surface area contributed by atoms with E-state index in [2.05, 4.69) is 11.2 Å². The van der Waals surface area contributed by atoms with Crippen molar-refractivity contribution in [2.45, 2.75) is 38.5 Å². The van der Waals surface area contributed by atoms with E-state index in [1.165, 1.54) is 0 Å². The highest BCUT2D eigenvalue weighted by Crippen LogP contribution is 2.19. The molecule has 1 aromatic rings. The Bertz CT molecular complexity index is 391. The van der Waals surface area contributed by atoms with Crippen molar-refractivity contribution in [1.29, 1.82) is 0 Å². The second-order valence-electron chi connectivity index (χ2n) is 4.32. The van der Waals surface area contributed by atoms with Crippen molar-refractivity contribution in [1.82, 2.24) is 5.32 Å². The summed E-state index contributed by atoms with van der Waals surface area (Å²) in [4.78, 5) is 12.1. The Labute approximate surface area is 110 Å². The summed E-state index contributed by atoms with van der Waals surface area (Å²) in [5, 5.41) is 2.98. The molecule has 0 aliphatic rings. The number of hydrogen-bond donors (Lipinski definition) is 1. The Morgan fingerprint density at radius 3 is 2.67 bits per heavy atom. The van der Waals surface area contributed by atoms with Gasteiger partial charge in [0.2, 0.25) is 5.91 Å². The van der Waals surface area contributed by atoms with E-state index in [-0.39, 0.29) is 11.8 Å². The molecule has 18 heavy (non-hydrogen) atoms. The van der Waals surface area contributed by atoms with Crippen molar-refractivity contribution < 1.29 is 4.79 Å². The third-order valence-corrected chi connectivity index (χ3v) is 2.97. The first kappa shape index (κ1) is 14.3. The molecule has 96 valence electrons. The zero-order chi connectivity index (χ0) is 13.2. The molecule has 0 aromatic heterocycles. The summed E-state index contributed by atoms with van der Waals surface area (Å²) in [7, 11) is 0. The number of amides is 1. The molecule has 0 radical (unpaired) electrons. The fourth-order valence-corrected chi connectivity index (χ4v) is 1.94. The highest BCUT2D eigenvalue weighted by molar-refractivity contribution is 5.83. The van der Waals surface area contributed by atoms with E-state index >= 15 is 0 Å². The zero-order valence-corrected chi connectivity index (χ0v) is 11.0. The molecule has 0 aliphatic carbocycles. The Morgan fingerprint density at radius 2 is 2.06 bits per heavy atom. The normalized spacial score (nSPS) is 11.6. The van der Waals surface area contributed by atoms with Crippen LogP contribution in [0.4, 0.5) is 0 Å². The molecule has 1 atom stereocenters. The quantitative estimate of drug-likeness (QED) is 0.578. The van der Waals surface area contributed by atoms with Crippen LogP contribution < -0.4 is 5.32 Å². The number of hydrogen-bond acceptors (Lipinski definition) is 1. The van der Waals surface area contributed by atoms with Gasteiger partial charge in [0.15, 0.2) is 0 Å². The minimum absolute atomic E-state index is 0.0427. The number of terminal acetylenes is 1. The molecule has 0 heterocycles. The van der Waals surface area contributed by atoms with Gasteiger partial charge in [0.1, 0.15) is 0 Å². The van der Waals surface area contributed by atoms with Crippen molar-refractivity contribution in [3.05, 3.63) is 35.9 Å². The van der Waals surface area contributed by atoms with Crippen LogP contribution in [0.5, 0.6) is 0 Å². The molecule has 1 aromatic carbocycles. The summed E-state index contributed by atoms with van der Waals surface area (Å²) in [6.07, 6.45) is 8.70. The highest BCUT2D eigenvalue weighted by atomic mass is 16.1. The van der Waals surface area contributed by atoms with Gasteiger partial charge in [-0.3, -0.25) is 4.79 Å². The molecule has 0 saturated carbocycles. The molecule has 2 nitrogen and oxygen atoms in total. The standard InChI is InChI=1S/C16H21NO/c1-3-5-6-10-13-17-16(18)15(4-2)14-11-8-7-9-12-14/h1,7-9,11-12,15H,4-6,10,13H2,2H3,(H,17,18). The van der Waals surface area contributed by atoms with E-state index in [4.69, 9.17) is 6.42 Å². The maximum absolute atomic E-state index is 12.1. The van der Waals surface area contributed by atoms with E-state index in [0.717, 1.165) is 31.2 Å². The first-order chi connectivity index (χ1) is 8.79. The molecule has 1 amide bonds. The molecule has 0 bridgehead atoms. The number of rotatable bonds is 7.